The van der Waals surface area contributed by atoms with E-state index >= 15 is 0 Å². The number of nitrogens with zero attached hydrogens (tertiary/aromatic N) is 1. The van der Waals surface area contributed by atoms with Gasteiger partial charge >= 0.3 is 0 Å². The lowest BCUT2D eigenvalue weighted by Crippen LogP contribution is -2.31. The van der Waals surface area contributed by atoms with Crippen molar-refractivity contribution in [3.63, 3.8) is 0 Å². The van der Waals surface area contributed by atoms with E-state index in [1.54, 1.807) is 0 Å². The Kier molecular flexibility index (Phi) is 4.31. The van der Waals surface area contributed by atoms with Crippen molar-refractivity contribution < 1.29 is 4.79 Å². The van der Waals surface area contributed by atoms with Crippen LogP contribution in [0.25, 0.3) is 0 Å². The molecule has 1 aliphatic heterocycles. The van der Waals surface area contributed by atoms with Gasteiger partial charge in [-0.1, -0.05) is 18.2 Å². The van der Waals surface area contributed by atoms with Gasteiger partial charge in [0.25, 0.3) is 5.91 Å². The maximum atomic E-state index is 12.8. The second kappa shape index (κ2) is 6.18. The largest absolute Gasteiger partial charge is 0.307 e. The van der Waals surface area contributed by atoms with Crippen molar-refractivity contribution in [2.45, 2.75) is 11.3 Å². The molecular weight excluding hydrogens is 381 g/mol. The van der Waals surface area contributed by atoms with Crippen LogP contribution in [0.2, 0.25) is 0 Å². The summed E-state index contributed by atoms with van der Waals surface area (Å²) in [5.41, 5.74) is 1.80. The average Bonchev–Trinajstić information content (AvgIpc) is 2.69. The number of benzene rings is 2. The molecule has 4 heteroatoms. The molecule has 2 aromatic rings. The maximum Gasteiger partial charge on any atom is 0.258 e. The molecule has 0 radical (unpaired) electrons. The lowest BCUT2D eigenvalue weighted by molar-refractivity contribution is 0.0986. The molecule has 1 amide bonds. The zero-order valence-corrected chi connectivity index (χ0v) is 13.9. The first-order valence-corrected chi connectivity index (χ1v) is 8.61. The summed E-state index contributed by atoms with van der Waals surface area (Å²) in [6.07, 6.45) is 1.02. The molecule has 0 unspecified atom stereocenters. The first kappa shape index (κ1) is 13.9. The number of hydrogen-bond acceptors (Lipinski definition) is 2. The molecule has 0 fully saturated rings. The molecule has 1 aliphatic rings. The third-order valence-electron chi connectivity index (χ3n) is 3.26. The van der Waals surface area contributed by atoms with E-state index in [1.165, 1.54) is 4.90 Å². The van der Waals surface area contributed by atoms with Gasteiger partial charge in [-0.05, 0) is 65.1 Å². The van der Waals surface area contributed by atoms with E-state index in [2.05, 4.69) is 28.7 Å². The summed E-state index contributed by atoms with van der Waals surface area (Å²) in [6.45, 7) is 0.786. The van der Waals surface area contributed by atoms with Crippen molar-refractivity contribution >= 4 is 45.9 Å². The number of halogens is 1. The minimum Gasteiger partial charge on any atom is -0.307 e. The molecule has 2 nitrogen and oxygen atoms in total. The Bertz CT molecular complexity index is 644. The van der Waals surface area contributed by atoms with Crippen molar-refractivity contribution in [2.75, 3.05) is 17.2 Å². The maximum absolute atomic E-state index is 12.8. The predicted molar refractivity (Wildman–Crippen MR) is 92.6 cm³/mol. The topological polar surface area (TPSA) is 20.3 Å². The summed E-state index contributed by atoms with van der Waals surface area (Å²) in [5.74, 6) is 1.16. The van der Waals surface area contributed by atoms with Gasteiger partial charge in [-0.25, -0.2) is 0 Å². The monoisotopic (exact) mass is 395 g/mol. The minimum absolute atomic E-state index is 0.0958. The quantitative estimate of drug-likeness (QED) is 0.666. The summed E-state index contributed by atoms with van der Waals surface area (Å²) in [5, 5.41) is 0. The van der Waals surface area contributed by atoms with E-state index in [-0.39, 0.29) is 5.91 Å². The zero-order valence-electron chi connectivity index (χ0n) is 10.9. The van der Waals surface area contributed by atoms with E-state index in [1.807, 2.05) is 59.1 Å². The van der Waals surface area contributed by atoms with Gasteiger partial charge in [-0.2, -0.15) is 0 Å². The number of carbonyl (C=O) groups is 1. The standard InChI is InChI=1S/C16H14INOS/c17-13-6-3-5-12(11-13)16(19)18-9-4-10-20-15-8-2-1-7-14(15)18/h1-3,5-8,11H,4,9-10H2. The molecule has 2 aromatic carbocycles. The van der Waals surface area contributed by atoms with Crippen LogP contribution >= 0.6 is 34.4 Å². The van der Waals surface area contributed by atoms with Gasteiger partial charge in [0.15, 0.2) is 0 Å². The third kappa shape index (κ3) is 2.86. The average molecular weight is 395 g/mol. The predicted octanol–water partition coefficient (Wildman–Crippen LogP) is 4.43. The van der Waals surface area contributed by atoms with Crippen molar-refractivity contribution in [3.8, 4) is 0 Å². The van der Waals surface area contributed by atoms with Crippen LogP contribution in [0.1, 0.15) is 16.8 Å². The fraction of sp³-hybridized carbons (Fsp3) is 0.188. The normalized spacial score (nSPS) is 14.6. The van der Waals surface area contributed by atoms with Gasteiger partial charge in [0.2, 0.25) is 0 Å². The van der Waals surface area contributed by atoms with Crippen LogP contribution in [-0.2, 0) is 0 Å². The highest BCUT2D eigenvalue weighted by Crippen LogP contribution is 2.34. The molecule has 0 aromatic heterocycles. The van der Waals surface area contributed by atoms with Crippen LogP contribution in [0.5, 0.6) is 0 Å². The molecule has 1 heterocycles. The van der Waals surface area contributed by atoms with Crippen LogP contribution in [0, 0.1) is 3.57 Å². The van der Waals surface area contributed by atoms with Gasteiger partial charge in [0, 0.05) is 20.6 Å². The lowest BCUT2D eigenvalue weighted by Gasteiger charge is -2.22. The van der Waals surface area contributed by atoms with Gasteiger partial charge in [0.05, 0.1) is 5.69 Å². The van der Waals surface area contributed by atoms with E-state index in [0.717, 1.165) is 33.5 Å². The van der Waals surface area contributed by atoms with Crippen molar-refractivity contribution in [1.82, 2.24) is 0 Å². The van der Waals surface area contributed by atoms with Gasteiger partial charge < -0.3 is 4.90 Å². The summed E-state index contributed by atoms with van der Waals surface area (Å²) in [7, 11) is 0. The number of thioether (sulfide) groups is 1. The van der Waals surface area contributed by atoms with Gasteiger partial charge in [-0.15, -0.1) is 11.8 Å². The number of carbonyl (C=O) groups excluding carboxylic acids is 1. The van der Waals surface area contributed by atoms with Crippen LogP contribution in [0.4, 0.5) is 5.69 Å². The highest BCUT2D eigenvalue weighted by atomic mass is 127. The number of fused-ring (bicyclic) bond motifs is 1. The first-order chi connectivity index (χ1) is 9.75. The van der Waals surface area contributed by atoms with E-state index < -0.39 is 0 Å². The summed E-state index contributed by atoms with van der Waals surface area (Å²) < 4.78 is 1.09. The van der Waals surface area contributed by atoms with Crippen LogP contribution in [-0.4, -0.2) is 18.2 Å². The second-order valence-electron chi connectivity index (χ2n) is 4.64. The molecule has 3 rings (SSSR count). The summed E-state index contributed by atoms with van der Waals surface area (Å²) >= 11 is 4.08. The van der Waals surface area contributed by atoms with Crippen LogP contribution in [0.15, 0.2) is 53.4 Å². The molecule has 0 spiro atoms. The first-order valence-electron chi connectivity index (χ1n) is 6.55. The number of rotatable bonds is 1. The fourth-order valence-corrected chi connectivity index (χ4v) is 3.85. The Morgan fingerprint density at radius 3 is 2.85 bits per heavy atom. The van der Waals surface area contributed by atoms with E-state index in [9.17, 15) is 4.79 Å². The molecule has 102 valence electrons. The number of amides is 1. The highest BCUT2D eigenvalue weighted by molar-refractivity contribution is 14.1. The zero-order chi connectivity index (χ0) is 13.9. The third-order valence-corrected chi connectivity index (χ3v) is 5.08. The second-order valence-corrected chi connectivity index (χ2v) is 7.02. The highest BCUT2D eigenvalue weighted by Gasteiger charge is 2.22. The van der Waals surface area contributed by atoms with Crippen molar-refractivity contribution in [2.24, 2.45) is 0 Å². The fourth-order valence-electron chi connectivity index (χ4n) is 2.32. The van der Waals surface area contributed by atoms with Gasteiger partial charge in [-0.3, -0.25) is 4.79 Å². The lowest BCUT2D eigenvalue weighted by atomic mass is 10.1. The molecular formula is C16H14INOS. The van der Waals surface area contributed by atoms with Crippen LogP contribution in [0.3, 0.4) is 0 Å². The SMILES string of the molecule is O=C(c1cccc(I)c1)N1CCCSc2ccccc21. The number of hydrogen-bond donors (Lipinski definition) is 0. The molecule has 0 saturated heterocycles. The Morgan fingerprint density at radius 2 is 2.00 bits per heavy atom. The summed E-state index contributed by atoms with van der Waals surface area (Å²) in [6, 6.07) is 16.0. The van der Waals surface area contributed by atoms with Crippen molar-refractivity contribution in [3.05, 3.63) is 57.7 Å². The Balaban J connectivity index is 1.99. The molecule has 0 atom stereocenters. The molecule has 0 aliphatic carbocycles. The van der Waals surface area contributed by atoms with Gasteiger partial charge in [0.1, 0.15) is 0 Å². The van der Waals surface area contributed by atoms with E-state index in [4.69, 9.17) is 0 Å². The Morgan fingerprint density at radius 1 is 1.15 bits per heavy atom. The number of para-hydroxylation sites is 1. The molecule has 0 N–H and O–H groups in total. The van der Waals surface area contributed by atoms with Crippen molar-refractivity contribution in [1.29, 1.82) is 0 Å². The minimum atomic E-state index is 0.0958. The summed E-state index contributed by atoms with van der Waals surface area (Å²) in [4.78, 5) is 15.9. The number of anilines is 1. The smallest absolute Gasteiger partial charge is 0.258 e. The Hall–Kier alpha value is -1.01. The Labute approximate surface area is 136 Å². The molecule has 0 bridgehead atoms. The van der Waals surface area contributed by atoms with E-state index in [0.29, 0.717) is 0 Å². The van der Waals surface area contributed by atoms with Crippen LogP contribution < -0.4 is 4.90 Å². The molecule has 0 saturated carbocycles. The molecule has 20 heavy (non-hydrogen) atoms.